The highest BCUT2D eigenvalue weighted by atomic mass is 79.9. The van der Waals surface area contributed by atoms with E-state index in [1.165, 1.54) is 17.1 Å². The zero-order chi connectivity index (χ0) is 11.8. The minimum Gasteiger partial charge on any atom is -0.297 e. The van der Waals surface area contributed by atoms with Crippen LogP contribution < -0.4 is 5.56 Å². The molecule has 86 valence electrons. The third kappa shape index (κ3) is 1.91. The number of imidazole rings is 1. The van der Waals surface area contributed by atoms with Crippen molar-refractivity contribution in [3.8, 4) is 0 Å². The van der Waals surface area contributed by atoms with E-state index in [9.17, 15) is 4.79 Å². The first-order chi connectivity index (χ1) is 8.24. The van der Waals surface area contributed by atoms with Crippen LogP contribution in [0.15, 0.2) is 39.6 Å². The molecule has 0 bridgehead atoms. The molecule has 17 heavy (non-hydrogen) atoms. The van der Waals surface area contributed by atoms with Gasteiger partial charge in [-0.15, -0.1) is 11.3 Å². The molecule has 7 heteroatoms. The summed E-state index contributed by atoms with van der Waals surface area (Å²) in [5, 5.41) is 1.97. The van der Waals surface area contributed by atoms with Crippen LogP contribution in [0.2, 0.25) is 0 Å². The summed E-state index contributed by atoms with van der Waals surface area (Å²) in [6, 6.07) is 0. The van der Waals surface area contributed by atoms with E-state index in [0.717, 1.165) is 10.7 Å². The van der Waals surface area contributed by atoms with Gasteiger partial charge in [0.25, 0.3) is 5.56 Å². The van der Waals surface area contributed by atoms with Gasteiger partial charge in [0.15, 0.2) is 4.96 Å². The molecule has 0 aliphatic carbocycles. The van der Waals surface area contributed by atoms with Gasteiger partial charge in [0.1, 0.15) is 4.47 Å². The van der Waals surface area contributed by atoms with Gasteiger partial charge in [0.05, 0.1) is 18.6 Å². The Balaban J connectivity index is 1.99. The molecule has 0 atom stereocenters. The van der Waals surface area contributed by atoms with E-state index in [-0.39, 0.29) is 5.56 Å². The Morgan fingerprint density at radius 2 is 2.35 bits per heavy atom. The third-order valence-corrected chi connectivity index (χ3v) is 3.65. The Labute approximate surface area is 109 Å². The number of hydrogen-bond acceptors (Lipinski definition) is 4. The lowest BCUT2D eigenvalue weighted by Crippen LogP contribution is -2.21. The smallest absolute Gasteiger partial charge is 0.267 e. The zero-order valence-electron chi connectivity index (χ0n) is 8.58. The number of thiazole rings is 1. The van der Waals surface area contributed by atoms with Crippen LogP contribution in [0, 0.1) is 0 Å². The molecule has 0 radical (unpaired) electrons. The zero-order valence-corrected chi connectivity index (χ0v) is 11.0. The van der Waals surface area contributed by atoms with Crippen molar-refractivity contribution in [1.82, 2.24) is 18.9 Å². The number of hydrogen-bond donors (Lipinski definition) is 0. The van der Waals surface area contributed by atoms with Crippen molar-refractivity contribution in [3.05, 3.63) is 50.8 Å². The van der Waals surface area contributed by atoms with Crippen LogP contribution in [-0.2, 0) is 6.54 Å². The molecule has 3 aromatic heterocycles. The van der Waals surface area contributed by atoms with Crippen LogP contribution in [0.3, 0.4) is 0 Å². The maximum Gasteiger partial charge on any atom is 0.267 e. The lowest BCUT2D eigenvalue weighted by Gasteiger charge is -2.01. The molecular formula is C10H7BrN4OS. The second-order valence-electron chi connectivity index (χ2n) is 3.50. The van der Waals surface area contributed by atoms with Crippen molar-refractivity contribution >= 4 is 32.2 Å². The predicted octanol–water partition coefficient (Wildman–Crippen LogP) is 1.76. The van der Waals surface area contributed by atoms with Crippen molar-refractivity contribution in [2.24, 2.45) is 0 Å². The first-order valence-corrected chi connectivity index (χ1v) is 6.52. The molecule has 0 N–H and O–H groups in total. The Morgan fingerprint density at radius 1 is 1.47 bits per heavy atom. The van der Waals surface area contributed by atoms with Crippen molar-refractivity contribution in [1.29, 1.82) is 0 Å². The fourth-order valence-corrected chi connectivity index (χ4v) is 2.63. The van der Waals surface area contributed by atoms with Gasteiger partial charge >= 0.3 is 0 Å². The molecule has 0 spiro atoms. The maximum absolute atomic E-state index is 11.8. The predicted molar refractivity (Wildman–Crippen MR) is 68.4 cm³/mol. The van der Waals surface area contributed by atoms with Gasteiger partial charge in [0, 0.05) is 24.0 Å². The van der Waals surface area contributed by atoms with Crippen molar-refractivity contribution in [3.63, 3.8) is 0 Å². The summed E-state index contributed by atoms with van der Waals surface area (Å²) in [5.74, 6) is 0. The first-order valence-electron chi connectivity index (χ1n) is 4.85. The van der Waals surface area contributed by atoms with E-state index in [4.69, 9.17) is 0 Å². The quantitative estimate of drug-likeness (QED) is 0.725. The van der Waals surface area contributed by atoms with Crippen LogP contribution in [-0.4, -0.2) is 18.9 Å². The Kier molecular flexibility index (Phi) is 2.56. The van der Waals surface area contributed by atoms with Crippen molar-refractivity contribution in [2.45, 2.75) is 6.54 Å². The molecule has 0 aliphatic heterocycles. The van der Waals surface area contributed by atoms with Gasteiger partial charge in [-0.25, -0.2) is 9.97 Å². The standard InChI is InChI=1S/C10H7BrN4OS/c11-8-3-12-6-15(9(8)16)5-7-4-14-1-2-17-10(14)13-7/h1-4,6H,5H2. The van der Waals surface area contributed by atoms with E-state index in [1.807, 2.05) is 22.2 Å². The monoisotopic (exact) mass is 310 g/mol. The SMILES string of the molecule is O=c1c(Br)cncn1Cc1cn2ccsc2n1. The van der Waals surface area contributed by atoms with E-state index < -0.39 is 0 Å². The third-order valence-electron chi connectivity index (χ3n) is 2.33. The highest BCUT2D eigenvalue weighted by molar-refractivity contribution is 9.10. The lowest BCUT2D eigenvalue weighted by atomic mass is 10.4. The minimum atomic E-state index is -0.101. The molecule has 5 nitrogen and oxygen atoms in total. The topological polar surface area (TPSA) is 52.2 Å². The maximum atomic E-state index is 11.8. The second-order valence-corrected chi connectivity index (χ2v) is 5.23. The van der Waals surface area contributed by atoms with Crippen molar-refractivity contribution in [2.75, 3.05) is 0 Å². The number of fused-ring (bicyclic) bond motifs is 1. The number of aromatic nitrogens is 4. The Bertz CT molecular complexity index is 701. The first kappa shape index (κ1) is 10.7. The van der Waals surface area contributed by atoms with Crippen LogP contribution in [0.1, 0.15) is 5.69 Å². The molecule has 3 aromatic rings. The van der Waals surface area contributed by atoms with Gasteiger partial charge in [-0.2, -0.15) is 0 Å². The molecule has 0 amide bonds. The summed E-state index contributed by atoms with van der Waals surface area (Å²) >= 11 is 4.73. The van der Waals surface area contributed by atoms with E-state index >= 15 is 0 Å². The fourth-order valence-electron chi connectivity index (χ4n) is 1.56. The summed E-state index contributed by atoms with van der Waals surface area (Å²) < 4.78 is 3.92. The van der Waals surface area contributed by atoms with Crippen LogP contribution in [0.25, 0.3) is 4.96 Å². The molecular weight excluding hydrogens is 304 g/mol. The molecule has 0 saturated heterocycles. The number of halogens is 1. The molecule has 3 heterocycles. The molecule has 0 aliphatic rings. The fraction of sp³-hybridized carbons (Fsp3) is 0.100. The van der Waals surface area contributed by atoms with E-state index in [0.29, 0.717) is 11.0 Å². The summed E-state index contributed by atoms with van der Waals surface area (Å²) in [7, 11) is 0. The van der Waals surface area contributed by atoms with Crippen LogP contribution in [0.4, 0.5) is 0 Å². The molecule has 0 aromatic carbocycles. The number of nitrogens with zero attached hydrogens (tertiary/aromatic N) is 4. The van der Waals surface area contributed by atoms with Gasteiger partial charge in [-0.05, 0) is 15.9 Å². The second kappa shape index (κ2) is 4.08. The van der Waals surface area contributed by atoms with Gasteiger partial charge in [-0.3, -0.25) is 13.8 Å². The summed E-state index contributed by atoms with van der Waals surface area (Å²) in [5.41, 5.74) is 0.746. The lowest BCUT2D eigenvalue weighted by molar-refractivity contribution is 0.718. The van der Waals surface area contributed by atoms with E-state index in [1.54, 1.807) is 11.3 Å². The minimum absolute atomic E-state index is 0.101. The molecule has 0 unspecified atom stereocenters. The largest absolute Gasteiger partial charge is 0.297 e. The van der Waals surface area contributed by atoms with Gasteiger partial charge < -0.3 is 0 Å². The number of rotatable bonds is 2. The van der Waals surface area contributed by atoms with E-state index in [2.05, 4.69) is 25.9 Å². The Hall–Kier alpha value is -1.47. The highest BCUT2D eigenvalue weighted by Crippen LogP contribution is 2.11. The average molecular weight is 311 g/mol. The normalized spacial score (nSPS) is 11.1. The highest BCUT2D eigenvalue weighted by Gasteiger charge is 2.06. The van der Waals surface area contributed by atoms with Crippen molar-refractivity contribution < 1.29 is 0 Å². The van der Waals surface area contributed by atoms with Gasteiger partial charge in [0.2, 0.25) is 0 Å². The summed E-state index contributed by atoms with van der Waals surface area (Å²) in [6.07, 6.45) is 6.86. The van der Waals surface area contributed by atoms with Crippen LogP contribution in [0.5, 0.6) is 0 Å². The van der Waals surface area contributed by atoms with Gasteiger partial charge in [-0.1, -0.05) is 0 Å². The molecule has 3 rings (SSSR count). The summed E-state index contributed by atoms with van der Waals surface area (Å²) in [6.45, 7) is 0.430. The Morgan fingerprint density at radius 3 is 3.18 bits per heavy atom. The molecule has 0 fully saturated rings. The summed E-state index contributed by atoms with van der Waals surface area (Å²) in [4.78, 5) is 21.1. The average Bonchev–Trinajstić information content (AvgIpc) is 2.85. The molecule has 0 saturated carbocycles. The van der Waals surface area contributed by atoms with Crippen LogP contribution >= 0.6 is 27.3 Å².